The maximum atomic E-state index is 13.1. The van der Waals surface area contributed by atoms with Crippen molar-refractivity contribution in [3.8, 4) is 5.75 Å². The summed E-state index contributed by atoms with van der Waals surface area (Å²) in [6.45, 7) is 0. The normalized spacial score (nSPS) is 12.2. The number of phenols is 1. The van der Waals surface area contributed by atoms with Crippen molar-refractivity contribution in [1.29, 1.82) is 0 Å². The molecule has 3 aromatic carbocycles. The van der Waals surface area contributed by atoms with E-state index >= 15 is 0 Å². The van der Waals surface area contributed by atoms with Crippen molar-refractivity contribution in [3.05, 3.63) is 82.5 Å². The lowest BCUT2D eigenvalue weighted by Gasteiger charge is -2.14. The predicted octanol–water partition coefficient (Wildman–Crippen LogP) is 5.98. The van der Waals surface area contributed by atoms with E-state index in [2.05, 4.69) is 21.2 Å². The number of hydrogen-bond acceptors (Lipinski definition) is 3. The molecule has 0 aliphatic rings. The van der Waals surface area contributed by atoms with Crippen LogP contribution in [-0.2, 0) is 11.2 Å². The van der Waals surface area contributed by atoms with Crippen LogP contribution in [0.4, 0.5) is 18.9 Å². The number of anilines is 1. The molecule has 0 aromatic heterocycles. The summed E-state index contributed by atoms with van der Waals surface area (Å²) in [4.78, 5) is 12.0. The van der Waals surface area contributed by atoms with Crippen LogP contribution in [0, 0.1) is 0 Å². The zero-order valence-corrected chi connectivity index (χ0v) is 16.0. The van der Waals surface area contributed by atoms with Gasteiger partial charge in [-0.3, -0.25) is 4.79 Å². The first kappa shape index (κ1) is 19.9. The van der Waals surface area contributed by atoms with Crippen LogP contribution in [0.15, 0.2) is 76.9 Å². The van der Waals surface area contributed by atoms with E-state index in [1.54, 1.807) is 54.6 Å². The summed E-state index contributed by atoms with van der Waals surface area (Å²) in [5, 5.41) is 14.3. The van der Waals surface area contributed by atoms with E-state index in [0.29, 0.717) is 11.1 Å². The summed E-state index contributed by atoms with van der Waals surface area (Å²) >= 11 is 3.28. The number of Topliss-reactive ketones (excluding diaryl/α,β-unsaturated/α-hetero) is 1. The molecule has 0 aliphatic carbocycles. The number of ketones is 1. The van der Waals surface area contributed by atoms with Crippen LogP contribution in [0.2, 0.25) is 0 Å². The maximum Gasteiger partial charge on any atom is 0.454 e. The molecular formula is C21H15BrF3NO2. The molecule has 3 rings (SSSR count). The summed E-state index contributed by atoms with van der Waals surface area (Å²) in [7, 11) is 0. The average Bonchev–Trinajstić information content (AvgIpc) is 2.66. The van der Waals surface area contributed by atoms with Crippen LogP contribution < -0.4 is 5.32 Å². The first-order chi connectivity index (χ1) is 13.3. The lowest BCUT2D eigenvalue weighted by Crippen LogP contribution is -2.26. The molecule has 28 heavy (non-hydrogen) atoms. The van der Waals surface area contributed by atoms with Gasteiger partial charge in [0.15, 0.2) is 0 Å². The zero-order chi connectivity index (χ0) is 20.3. The van der Waals surface area contributed by atoms with Gasteiger partial charge in [-0.15, -0.1) is 0 Å². The van der Waals surface area contributed by atoms with Gasteiger partial charge in [-0.2, -0.15) is 13.2 Å². The predicted molar refractivity (Wildman–Crippen MR) is 106 cm³/mol. The van der Waals surface area contributed by atoms with Gasteiger partial charge < -0.3 is 10.4 Å². The van der Waals surface area contributed by atoms with Crippen LogP contribution in [-0.4, -0.2) is 17.1 Å². The van der Waals surface area contributed by atoms with E-state index in [4.69, 9.17) is 0 Å². The molecule has 0 spiro atoms. The Morgan fingerprint density at radius 2 is 1.71 bits per heavy atom. The number of fused-ring (bicyclic) bond motifs is 1. The highest BCUT2D eigenvalue weighted by Gasteiger charge is 2.40. The number of rotatable bonds is 5. The second kappa shape index (κ2) is 8.06. The van der Waals surface area contributed by atoms with Crippen molar-refractivity contribution in [2.45, 2.75) is 12.6 Å². The molecule has 0 saturated carbocycles. The second-order valence-corrected chi connectivity index (χ2v) is 7.02. The molecule has 3 aromatic rings. The van der Waals surface area contributed by atoms with Gasteiger partial charge in [0.2, 0.25) is 0 Å². The van der Waals surface area contributed by atoms with Crippen molar-refractivity contribution in [3.63, 3.8) is 0 Å². The SMILES string of the molecule is O=C(/C(=C/Nc1ccc(Br)cc1)Cc1c(O)ccc2ccccc12)C(F)(F)F. The number of halogens is 4. The van der Waals surface area contributed by atoms with Gasteiger partial charge in [0.1, 0.15) is 5.75 Å². The van der Waals surface area contributed by atoms with Crippen molar-refractivity contribution in [1.82, 2.24) is 0 Å². The van der Waals surface area contributed by atoms with Gasteiger partial charge in [0, 0.05) is 33.9 Å². The van der Waals surface area contributed by atoms with Crippen LogP contribution >= 0.6 is 15.9 Å². The third-order valence-corrected chi connectivity index (χ3v) is 4.72. The first-order valence-corrected chi connectivity index (χ1v) is 9.07. The molecule has 0 amide bonds. The van der Waals surface area contributed by atoms with E-state index in [-0.39, 0.29) is 17.7 Å². The summed E-state index contributed by atoms with van der Waals surface area (Å²) in [6.07, 6.45) is -4.34. The van der Waals surface area contributed by atoms with Crippen LogP contribution in [0.3, 0.4) is 0 Å². The number of alkyl halides is 3. The topological polar surface area (TPSA) is 49.3 Å². The van der Waals surface area contributed by atoms with Crippen LogP contribution in [0.5, 0.6) is 5.75 Å². The molecule has 0 radical (unpaired) electrons. The Hall–Kier alpha value is -2.80. The van der Waals surface area contributed by atoms with Crippen LogP contribution in [0.25, 0.3) is 10.8 Å². The number of carbonyl (C=O) groups is 1. The van der Waals surface area contributed by atoms with Crippen molar-refractivity contribution < 1.29 is 23.1 Å². The number of allylic oxidation sites excluding steroid dienone is 1. The molecule has 2 N–H and O–H groups in total. The highest BCUT2D eigenvalue weighted by molar-refractivity contribution is 9.10. The number of carbonyl (C=O) groups excluding carboxylic acids is 1. The first-order valence-electron chi connectivity index (χ1n) is 8.28. The fourth-order valence-electron chi connectivity index (χ4n) is 2.80. The Bertz CT molecular complexity index is 1040. The maximum absolute atomic E-state index is 13.1. The van der Waals surface area contributed by atoms with Crippen molar-refractivity contribution in [2.24, 2.45) is 0 Å². The highest BCUT2D eigenvalue weighted by atomic mass is 79.9. The third-order valence-electron chi connectivity index (χ3n) is 4.19. The van der Waals surface area contributed by atoms with E-state index in [0.717, 1.165) is 16.1 Å². The number of benzene rings is 3. The van der Waals surface area contributed by atoms with E-state index in [9.17, 15) is 23.1 Å². The summed E-state index contributed by atoms with van der Waals surface area (Å²) in [6, 6.07) is 16.8. The molecule has 3 nitrogen and oxygen atoms in total. The molecular weight excluding hydrogens is 435 g/mol. The number of aromatic hydroxyl groups is 1. The molecule has 0 saturated heterocycles. The lowest BCUT2D eigenvalue weighted by atomic mass is 9.95. The molecule has 144 valence electrons. The smallest absolute Gasteiger partial charge is 0.454 e. The molecule has 0 aliphatic heterocycles. The minimum absolute atomic E-state index is 0.164. The van der Waals surface area contributed by atoms with E-state index in [1.165, 1.54) is 6.07 Å². The van der Waals surface area contributed by atoms with Crippen molar-refractivity contribution >= 4 is 38.2 Å². The Balaban J connectivity index is 2.00. The van der Waals surface area contributed by atoms with Crippen LogP contribution in [0.1, 0.15) is 5.56 Å². The minimum Gasteiger partial charge on any atom is -0.508 e. The molecule has 0 unspecified atom stereocenters. The molecule has 0 heterocycles. The minimum atomic E-state index is -5.02. The van der Waals surface area contributed by atoms with Gasteiger partial charge in [0.05, 0.1) is 0 Å². The van der Waals surface area contributed by atoms with E-state index in [1.807, 2.05) is 0 Å². The molecule has 0 bridgehead atoms. The van der Waals surface area contributed by atoms with Gasteiger partial charge in [-0.25, -0.2) is 0 Å². The number of nitrogens with one attached hydrogen (secondary N) is 1. The Labute approximate surface area is 167 Å². The van der Waals surface area contributed by atoms with Gasteiger partial charge in [-0.05, 0) is 41.1 Å². The quantitative estimate of drug-likeness (QED) is 0.471. The highest BCUT2D eigenvalue weighted by Crippen LogP contribution is 2.31. The lowest BCUT2D eigenvalue weighted by molar-refractivity contribution is -0.166. The largest absolute Gasteiger partial charge is 0.508 e. The zero-order valence-electron chi connectivity index (χ0n) is 14.4. The Kier molecular flexibility index (Phi) is 5.74. The Morgan fingerprint density at radius 1 is 1.04 bits per heavy atom. The molecule has 7 heteroatoms. The third kappa shape index (κ3) is 4.54. The second-order valence-electron chi connectivity index (χ2n) is 6.11. The standard InChI is InChI=1S/C21H15BrF3NO2/c22-15-6-8-16(9-7-15)26-12-14(20(28)21(23,24)25)11-18-17-4-2-1-3-13(17)5-10-19(18)27/h1-10,12,26-27H,11H2/b14-12+. The van der Waals surface area contributed by atoms with Gasteiger partial charge >= 0.3 is 6.18 Å². The number of phenolic OH excluding ortho intramolecular Hbond substituents is 1. The number of hydrogen-bond donors (Lipinski definition) is 2. The Morgan fingerprint density at radius 3 is 2.39 bits per heavy atom. The van der Waals surface area contributed by atoms with E-state index < -0.39 is 17.5 Å². The monoisotopic (exact) mass is 449 g/mol. The fourth-order valence-corrected chi connectivity index (χ4v) is 3.06. The molecule has 0 atom stereocenters. The fraction of sp³-hybridized carbons (Fsp3) is 0.0952. The van der Waals surface area contributed by atoms with Crippen molar-refractivity contribution in [2.75, 3.05) is 5.32 Å². The summed E-state index contributed by atoms with van der Waals surface area (Å²) in [5.41, 5.74) is 0.291. The average molecular weight is 450 g/mol. The summed E-state index contributed by atoms with van der Waals surface area (Å²) in [5.74, 6) is -2.12. The molecule has 0 fully saturated rings. The van der Waals surface area contributed by atoms with Gasteiger partial charge in [0.25, 0.3) is 5.78 Å². The van der Waals surface area contributed by atoms with Gasteiger partial charge in [-0.1, -0.05) is 46.3 Å². The summed E-state index contributed by atoms with van der Waals surface area (Å²) < 4.78 is 40.1.